The van der Waals surface area contributed by atoms with E-state index in [9.17, 15) is 0 Å². The second kappa shape index (κ2) is 3.27. The highest BCUT2D eigenvalue weighted by Gasteiger charge is 2.28. The molecule has 1 heterocycles. The summed E-state index contributed by atoms with van der Waals surface area (Å²) >= 11 is 1.60. The van der Waals surface area contributed by atoms with Crippen molar-refractivity contribution in [3.8, 4) is 0 Å². The SMILES string of the molecule is Cc1nc(N(C)C2CC2)sc1CO. The van der Waals surface area contributed by atoms with Crippen LogP contribution in [0, 0.1) is 6.92 Å². The van der Waals surface area contributed by atoms with Gasteiger partial charge in [0.15, 0.2) is 5.13 Å². The molecule has 1 aliphatic rings. The number of aliphatic hydroxyl groups is 1. The Labute approximate surface area is 82.0 Å². The van der Waals surface area contributed by atoms with Crippen LogP contribution in [0.2, 0.25) is 0 Å². The van der Waals surface area contributed by atoms with E-state index < -0.39 is 0 Å². The van der Waals surface area contributed by atoms with Crippen LogP contribution >= 0.6 is 11.3 Å². The topological polar surface area (TPSA) is 36.4 Å². The molecule has 0 bridgehead atoms. The van der Waals surface area contributed by atoms with Crippen LogP contribution in [-0.4, -0.2) is 23.2 Å². The minimum Gasteiger partial charge on any atom is -0.391 e. The van der Waals surface area contributed by atoms with Crippen molar-refractivity contribution in [1.29, 1.82) is 0 Å². The van der Waals surface area contributed by atoms with Gasteiger partial charge in [-0.1, -0.05) is 11.3 Å². The van der Waals surface area contributed by atoms with Crippen LogP contribution in [0.15, 0.2) is 0 Å². The molecule has 1 aromatic heterocycles. The maximum Gasteiger partial charge on any atom is 0.185 e. The molecule has 4 heteroatoms. The summed E-state index contributed by atoms with van der Waals surface area (Å²) < 4.78 is 0. The molecule has 13 heavy (non-hydrogen) atoms. The van der Waals surface area contributed by atoms with Gasteiger partial charge in [0, 0.05) is 13.1 Å². The van der Waals surface area contributed by atoms with Gasteiger partial charge in [0.1, 0.15) is 0 Å². The summed E-state index contributed by atoms with van der Waals surface area (Å²) in [6, 6.07) is 0.692. The third-order valence-corrected chi connectivity index (χ3v) is 3.65. The van der Waals surface area contributed by atoms with Crippen molar-refractivity contribution in [3.05, 3.63) is 10.6 Å². The lowest BCUT2D eigenvalue weighted by Gasteiger charge is -2.13. The third kappa shape index (κ3) is 1.69. The van der Waals surface area contributed by atoms with Crippen LogP contribution in [0.4, 0.5) is 5.13 Å². The molecule has 0 spiro atoms. The fourth-order valence-electron chi connectivity index (χ4n) is 1.33. The zero-order chi connectivity index (χ0) is 9.42. The Morgan fingerprint density at radius 3 is 2.77 bits per heavy atom. The number of hydrogen-bond acceptors (Lipinski definition) is 4. The van der Waals surface area contributed by atoms with Crippen LogP contribution in [0.3, 0.4) is 0 Å². The lowest BCUT2D eigenvalue weighted by molar-refractivity contribution is 0.284. The molecular formula is C9H14N2OS. The molecular weight excluding hydrogens is 184 g/mol. The van der Waals surface area contributed by atoms with Crippen molar-refractivity contribution in [2.75, 3.05) is 11.9 Å². The molecule has 1 aromatic rings. The summed E-state index contributed by atoms with van der Waals surface area (Å²) in [5.41, 5.74) is 0.968. The normalized spacial score (nSPS) is 16.2. The number of anilines is 1. The van der Waals surface area contributed by atoms with Crippen molar-refractivity contribution in [2.24, 2.45) is 0 Å². The van der Waals surface area contributed by atoms with Gasteiger partial charge in [-0.2, -0.15) is 0 Å². The second-order valence-corrected chi connectivity index (χ2v) is 4.57. The molecule has 72 valence electrons. The number of thiazole rings is 1. The smallest absolute Gasteiger partial charge is 0.185 e. The first-order valence-corrected chi connectivity index (χ1v) is 5.34. The van der Waals surface area contributed by atoms with Crippen LogP contribution in [0.1, 0.15) is 23.4 Å². The quantitative estimate of drug-likeness (QED) is 0.800. The number of aromatic nitrogens is 1. The van der Waals surface area contributed by atoms with E-state index in [-0.39, 0.29) is 6.61 Å². The summed E-state index contributed by atoms with van der Waals surface area (Å²) in [5.74, 6) is 0. The van der Waals surface area contributed by atoms with E-state index >= 15 is 0 Å². The molecule has 2 rings (SSSR count). The van der Waals surface area contributed by atoms with E-state index in [1.807, 2.05) is 6.92 Å². The Bertz CT molecular complexity index is 307. The summed E-state index contributed by atoms with van der Waals surface area (Å²) in [4.78, 5) is 7.63. The molecule has 1 aliphatic carbocycles. The monoisotopic (exact) mass is 198 g/mol. The Kier molecular flexibility index (Phi) is 2.26. The van der Waals surface area contributed by atoms with E-state index in [2.05, 4.69) is 16.9 Å². The van der Waals surface area contributed by atoms with Gasteiger partial charge in [-0.05, 0) is 19.8 Å². The third-order valence-electron chi connectivity index (χ3n) is 2.42. The molecule has 1 saturated carbocycles. The van der Waals surface area contributed by atoms with Gasteiger partial charge in [-0.25, -0.2) is 4.98 Å². The maximum absolute atomic E-state index is 9.02. The molecule has 0 unspecified atom stereocenters. The molecule has 0 aromatic carbocycles. The Balaban J connectivity index is 2.19. The lowest BCUT2D eigenvalue weighted by Crippen LogP contribution is -2.18. The van der Waals surface area contributed by atoms with Gasteiger partial charge in [0.25, 0.3) is 0 Å². The fraction of sp³-hybridized carbons (Fsp3) is 0.667. The van der Waals surface area contributed by atoms with E-state index in [0.717, 1.165) is 15.7 Å². The van der Waals surface area contributed by atoms with Gasteiger partial charge in [0.2, 0.25) is 0 Å². The largest absolute Gasteiger partial charge is 0.391 e. The minimum atomic E-state index is 0.113. The van der Waals surface area contributed by atoms with Crippen molar-refractivity contribution in [1.82, 2.24) is 4.98 Å². The van der Waals surface area contributed by atoms with Gasteiger partial charge in [-0.3, -0.25) is 0 Å². The second-order valence-electron chi connectivity index (χ2n) is 3.51. The van der Waals surface area contributed by atoms with E-state index in [4.69, 9.17) is 5.11 Å². The fourth-order valence-corrected chi connectivity index (χ4v) is 2.28. The summed E-state index contributed by atoms with van der Waals surface area (Å²) in [7, 11) is 2.08. The molecule has 0 radical (unpaired) electrons. The van der Waals surface area contributed by atoms with Crippen molar-refractivity contribution in [3.63, 3.8) is 0 Å². The first kappa shape index (κ1) is 8.97. The maximum atomic E-state index is 9.02. The number of hydrogen-bond donors (Lipinski definition) is 1. The highest BCUT2D eigenvalue weighted by atomic mass is 32.1. The summed E-state index contributed by atoms with van der Waals surface area (Å²) in [6.45, 7) is 2.06. The molecule has 0 atom stereocenters. The Hall–Kier alpha value is -0.610. The zero-order valence-corrected chi connectivity index (χ0v) is 8.77. The number of aryl methyl sites for hydroxylation is 1. The first-order chi connectivity index (χ1) is 6.22. The average Bonchev–Trinajstić information content (AvgIpc) is 2.89. The molecule has 1 N–H and O–H groups in total. The van der Waals surface area contributed by atoms with E-state index in [1.54, 1.807) is 11.3 Å². The average molecular weight is 198 g/mol. The predicted octanol–water partition coefficient (Wildman–Crippen LogP) is 1.54. The minimum absolute atomic E-state index is 0.113. The van der Waals surface area contributed by atoms with E-state index in [0.29, 0.717) is 6.04 Å². The van der Waals surface area contributed by atoms with Crippen LogP contribution in [0.5, 0.6) is 0 Å². The molecule has 0 amide bonds. The van der Waals surface area contributed by atoms with Crippen molar-refractivity contribution in [2.45, 2.75) is 32.4 Å². The zero-order valence-electron chi connectivity index (χ0n) is 7.95. The first-order valence-electron chi connectivity index (χ1n) is 4.52. The van der Waals surface area contributed by atoms with Gasteiger partial charge < -0.3 is 10.0 Å². The van der Waals surface area contributed by atoms with E-state index in [1.165, 1.54) is 12.8 Å². The van der Waals surface area contributed by atoms with Gasteiger partial charge in [-0.15, -0.1) is 0 Å². The van der Waals surface area contributed by atoms with Crippen LogP contribution < -0.4 is 4.90 Å². The summed E-state index contributed by atoms with van der Waals surface area (Å²) in [6.07, 6.45) is 2.56. The lowest BCUT2D eigenvalue weighted by atomic mass is 10.4. The van der Waals surface area contributed by atoms with Crippen LogP contribution in [0.25, 0.3) is 0 Å². The van der Waals surface area contributed by atoms with Gasteiger partial charge >= 0.3 is 0 Å². The number of rotatable bonds is 3. The number of nitrogens with zero attached hydrogens (tertiary/aromatic N) is 2. The molecule has 0 saturated heterocycles. The predicted molar refractivity (Wildman–Crippen MR) is 54.2 cm³/mol. The van der Waals surface area contributed by atoms with Crippen molar-refractivity contribution >= 4 is 16.5 Å². The number of aliphatic hydroxyl groups excluding tert-OH is 1. The van der Waals surface area contributed by atoms with Gasteiger partial charge in [0.05, 0.1) is 17.2 Å². The molecule has 1 fully saturated rings. The Morgan fingerprint density at radius 1 is 1.62 bits per heavy atom. The Morgan fingerprint density at radius 2 is 2.31 bits per heavy atom. The van der Waals surface area contributed by atoms with Crippen LogP contribution in [-0.2, 0) is 6.61 Å². The highest BCUT2D eigenvalue weighted by molar-refractivity contribution is 7.15. The standard InChI is InChI=1S/C9H14N2OS/c1-6-8(5-12)13-9(10-6)11(2)7-3-4-7/h7,12H,3-5H2,1-2H3. The van der Waals surface area contributed by atoms with Crippen molar-refractivity contribution < 1.29 is 5.11 Å². The molecule has 0 aliphatic heterocycles. The highest BCUT2D eigenvalue weighted by Crippen LogP contribution is 2.33. The summed E-state index contributed by atoms with van der Waals surface area (Å²) in [5, 5.41) is 10.1. The molecule has 3 nitrogen and oxygen atoms in total.